The lowest BCUT2D eigenvalue weighted by Crippen LogP contribution is -2.39. The van der Waals surface area contributed by atoms with Crippen LogP contribution in [0.4, 0.5) is 19.3 Å². The topological polar surface area (TPSA) is 56.8 Å². The van der Waals surface area contributed by atoms with Crippen LogP contribution in [0.15, 0.2) is 42.5 Å². The molecule has 2 saturated heterocycles. The van der Waals surface area contributed by atoms with E-state index in [1.165, 1.54) is 11.6 Å². The maximum Gasteiger partial charge on any atom is 0.315 e. The van der Waals surface area contributed by atoms with Crippen LogP contribution >= 0.6 is 0 Å². The zero-order valence-corrected chi connectivity index (χ0v) is 18.2. The predicted molar refractivity (Wildman–Crippen MR) is 119 cm³/mol. The molecule has 0 spiro atoms. The van der Waals surface area contributed by atoms with Gasteiger partial charge in [0.25, 0.3) is 0 Å². The maximum atomic E-state index is 13.5. The van der Waals surface area contributed by atoms with Gasteiger partial charge in [0.2, 0.25) is 0 Å². The molecule has 2 aromatic rings. The molecular weight excluding hydrogens is 414 g/mol. The van der Waals surface area contributed by atoms with Crippen molar-refractivity contribution in [1.82, 2.24) is 15.5 Å². The molecule has 0 radical (unpaired) electrons. The molecule has 2 fully saturated rings. The van der Waals surface area contributed by atoms with E-state index < -0.39 is 11.6 Å². The van der Waals surface area contributed by atoms with E-state index >= 15 is 0 Å². The number of hydrogen-bond acceptors (Lipinski definition) is 4. The highest BCUT2D eigenvalue weighted by Crippen LogP contribution is 2.25. The van der Waals surface area contributed by atoms with Crippen molar-refractivity contribution in [2.24, 2.45) is 5.92 Å². The molecule has 0 aliphatic carbocycles. The molecule has 0 bridgehead atoms. The minimum Gasteiger partial charge on any atom is -0.379 e. The van der Waals surface area contributed by atoms with Crippen molar-refractivity contribution < 1.29 is 18.3 Å². The average molecular weight is 445 g/mol. The Kier molecular flexibility index (Phi) is 7.55. The van der Waals surface area contributed by atoms with Gasteiger partial charge >= 0.3 is 6.03 Å². The van der Waals surface area contributed by atoms with E-state index in [4.69, 9.17) is 4.74 Å². The van der Waals surface area contributed by atoms with Crippen molar-refractivity contribution in [1.29, 1.82) is 0 Å². The fourth-order valence-corrected chi connectivity index (χ4v) is 4.27. The van der Waals surface area contributed by atoms with E-state index in [1.807, 2.05) is 23.1 Å². The van der Waals surface area contributed by atoms with E-state index in [-0.39, 0.29) is 11.9 Å². The summed E-state index contributed by atoms with van der Waals surface area (Å²) in [5.41, 5.74) is 3.00. The van der Waals surface area contributed by atoms with Gasteiger partial charge < -0.3 is 20.3 Å². The van der Waals surface area contributed by atoms with Crippen LogP contribution in [0.1, 0.15) is 17.5 Å². The molecule has 2 aromatic carbocycles. The Bertz CT molecular complexity index is 921. The number of urea groups is 1. The first-order valence-corrected chi connectivity index (χ1v) is 11.2. The molecule has 2 aliphatic rings. The molecular formula is C24H30F2N4O2. The molecule has 0 aromatic heterocycles. The van der Waals surface area contributed by atoms with Crippen molar-refractivity contribution >= 4 is 11.7 Å². The smallest absolute Gasteiger partial charge is 0.315 e. The third kappa shape index (κ3) is 5.95. The van der Waals surface area contributed by atoms with Gasteiger partial charge in [-0.05, 0) is 35.6 Å². The SMILES string of the molecule is O=C(NCc1ccccc1CN1CCOCC1)NCC1CCN(c2ccc(F)c(F)c2)C1. The van der Waals surface area contributed by atoms with E-state index in [9.17, 15) is 13.6 Å². The van der Waals surface area contributed by atoms with Crippen LogP contribution in [0.5, 0.6) is 0 Å². The number of morpholine rings is 1. The van der Waals surface area contributed by atoms with E-state index in [2.05, 4.69) is 21.6 Å². The monoisotopic (exact) mass is 444 g/mol. The number of amides is 2. The molecule has 2 amide bonds. The van der Waals surface area contributed by atoms with Crippen LogP contribution < -0.4 is 15.5 Å². The lowest BCUT2D eigenvalue weighted by Gasteiger charge is -2.27. The Labute approximate surface area is 187 Å². The third-order valence-electron chi connectivity index (χ3n) is 6.16. The van der Waals surface area contributed by atoms with Gasteiger partial charge in [-0.25, -0.2) is 13.6 Å². The van der Waals surface area contributed by atoms with E-state index in [0.717, 1.165) is 57.4 Å². The molecule has 1 unspecified atom stereocenters. The van der Waals surface area contributed by atoms with Crippen LogP contribution in [0, 0.1) is 17.6 Å². The predicted octanol–water partition coefficient (Wildman–Crippen LogP) is 3.12. The second-order valence-electron chi connectivity index (χ2n) is 8.42. The summed E-state index contributed by atoms with van der Waals surface area (Å²) in [5, 5.41) is 5.91. The highest BCUT2D eigenvalue weighted by Gasteiger charge is 2.24. The zero-order chi connectivity index (χ0) is 22.3. The molecule has 4 rings (SSSR count). The largest absolute Gasteiger partial charge is 0.379 e. The third-order valence-corrected chi connectivity index (χ3v) is 6.16. The van der Waals surface area contributed by atoms with Crippen LogP contribution in [-0.2, 0) is 17.8 Å². The average Bonchev–Trinajstić information content (AvgIpc) is 3.29. The van der Waals surface area contributed by atoms with Crippen molar-refractivity contribution in [3.05, 3.63) is 65.2 Å². The molecule has 32 heavy (non-hydrogen) atoms. The number of nitrogens with zero attached hydrogens (tertiary/aromatic N) is 2. The van der Waals surface area contributed by atoms with Crippen LogP contribution in [0.2, 0.25) is 0 Å². The normalized spacial score (nSPS) is 19.2. The summed E-state index contributed by atoms with van der Waals surface area (Å²) in [4.78, 5) is 16.7. The van der Waals surface area contributed by atoms with Gasteiger partial charge in [0.15, 0.2) is 11.6 Å². The number of nitrogens with one attached hydrogen (secondary N) is 2. The maximum absolute atomic E-state index is 13.5. The quantitative estimate of drug-likeness (QED) is 0.689. The van der Waals surface area contributed by atoms with Gasteiger partial charge in [0.1, 0.15) is 0 Å². The Morgan fingerprint density at radius 2 is 1.78 bits per heavy atom. The van der Waals surface area contributed by atoms with Gasteiger partial charge in [0, 0.05) is 57.6 Å². The standard InChI is InChI=1S/C24H30F2N4O2/c25-22-6-5-21(13-23(22)26)30-8-7-18(16-30)14-27-24(31)28-15-19-3-1-2-4-20(19)17-29-9-11-32-12-10-29/h1-6,13,18H,7-12,14-17H2,(H2,27,28,31). The molecule has 6 nitrogen and oxygen atoms in total. The summed E-state index contributed by atoms with van der Waals surface area (Å²) < 4.78 is 32.1. The number of carbonyl (C=O) groups is 1. The molecule has 1 atom stereocenters. The van der Waals surface area contributed by atoms with Gasteiger partial charge in [0.05, 0.1) is 13.2 Å². The van der Waals surface area contributed by atoms with Crippen molar-refractivity contribution in [3.8, 4) is 0 Å². The first kappa shape index (κ1) is 22.5. The first-order chi connectivity index (χ1) is 15.6. The first-order valence-electron chi connectivity index (χ1n) is 11.2. The lowest BCUT2D eigenvalue weighted by molar-refractivity contribution is 0.0341. The summed E-state index contributed by atoms with van der Waals surface area (Å²) >= 11 is 0. The van der Waals surface area contributed by atoms with Crippen LogP contribution in [-0.4, -0.2) is 56.9 Å². The molecule has 172 valence electrons. The highest BCUT2D eigenvalue weighted by atomic mass is 19.2. The summed E-state index contributed by atoms with van der Waals surface area (Å²) in [6, 6.07) is 11.9. The second-order valence-corrected chi connectivity index (χ2v) is 8.42. The molecule has 2 N–H and O–H groups in total. The molecule has 2 heterocycles. The van der Waals surface area contributed by atoms with Gasteiger partial charge in [-0.3, -0.25) is 4.90 Å². The number of hydrogen-bond donors (Lipinski definition) is 2. The zero-order valence-electron chi connectivity index (χ0n) is 18.2. The number of anilines is 1. The lowest BCUT2D eigenvalue weighted by atomic mass is 10.1. The number of carbonyl (C=O) groups excluding carboxylic acids is 1. The fraction of sp³-hybridized carbons (Fsp3) is 0.458. The van der Waals surface area contributed by atoms with Crippen molar-refractivity contribution in [3.63, 3.8) is 0 Å². The van der Waals surface area contributed by atoms with Gasteiger partial charge in [-0.2, -0.15) is 0 Å². The van der Waals surface area contributed by atoms with Crippen LogP contribution in [0.3, 0.4) is 0 Å². The Hall–Kier alpha value is -2.71. The fourth-order valence-electron chi connectivity index (χ4n) is 4.27. The summed E-state index contributed by atoms with van der Waals surface area (Å²) in [5.74, 6) is -1.41. The molecule has 0 saturated carbocycles. The Morgan fingerprint density at radius 1 is 1.00 bits per heavy atom. The minimum absolute atomic E-state index is 0.197. The number of ether oxygens (including phenoxy) is 1. The van der Waals surface area contributed by atoms with E-state index in [0.29, 0.717) is 25.3 Å². The summed E-state index contributed by atoms with van der Waals surface area (Å²) in [7, 11) is 0. The van der Waals surface area contributed by atoms with Gasteiger partial charge in [-0.15, -0.1) is 0 Å². The molecule has 2 aliphatic heterocycles. The molecule has 8 heteroatoms. The van der Waals surface area contributed by atoms with Crippen molar-refractivity contribution in [2.75, 3.05) is 50.8 Å². The summed E-state index contributed by atoms with van der Waals surface area (Å²) in [6.45, 7) is 6.69. The Balaban J connectivity index is 1.22. The Morgan fingerprint density at radius 3 is 2.56 bits per heavy atom. The van der Waals surface area contributed by atoms with E-state index in [1.54, 1.807) is 6.07 Å². The summed E-state index contributed by atoms with van der Waals surface area (Å²) in [6.07, 6.45) is 0.891. The van der Waals surface area contributed by atoms with Crippen molar-refractivity contribution in [2.45, 2.75) is 19.5 Å². The highest BCUT2D eigenvalue weighted by molar-refractivity contribution is 5.73. The van der Waals surface area contributed by atoms with Gasteiger partial charge in [-0.1, -0.05) is 24.3 Å². The number of benzene rings is 2. The minimum atomic E-state index is -0.839. The van der Waals surface area contributed by atoms with Crippen LogP contribution in [0.25, 0.3) is 0 Å². The number of rotatable bonds is 7. The second kappa shape index (κ2) is 10.7. The number of halogens is 2.